The van der Waals surface area contributed by atoms with E-state index >= 15 is 0 Å². The molecule has 0 aliphatic carbocycles. The Hall–Kier alpha value is -2.64. The molecular formula is C26H24Cl3N3O2S. The zero-order valence-electron chi connectivity index (χ0n) is 18.8. The zero-order valence-corrected chi connectivity index (χ0v) is 21.9. The SMILES string of the molecule is Cl.Cn1cncc1C(c1ccc(Cl)cc1)c1ccc(N)c(C(SCC(=O)O)c2cccc(Cl)c2)c1. The van der Waals surface area contributed by atoms with Crippen molar-refractivity contribution in [1.82, 2.24) is 9.55 Å². The summed E-state index contributed by atoms with van der Waals surface area (Å²) in [6, 6.07) is 21.1. The molecule has 0 saturated carbocycles. The first-order valence-corrected chi connectivity index (χ1v) is 12.3. The van der Waals surface area contributed by atoms with Crippen molar-refractivity contribution in [2.45, 2.75) is 11.2 Å². The summed E-state index contributed by atoms with van der Waals surface area (Å²) in [6.45, 7) is 0. The van der Waals surface area contributed by atoms with Crippen molar-refractivity contribution in [2.75, 3.05) is 11.5 Å². The average Bonchev–Trinajstić information content (AvgIpc) is 3.22. The van der Waals surface area contributed by atoms with E-state index in [0.717, 1.165) is 27.9 Å². The molecule has 0 bridgehead atoms. The first-order valence-electron chi connectivity index (χ1n) is 10.5. The quantitative estimate of drug-likeness (QED) is 0.236. The number of hydrogen-bond acceptors (Lipinski definition) is 4. The maximum absolute atomic E-state index is 11.4. The van der Waals surface area contributed by atoms with Crippen LogP contribution in [0.1, 0.15) is 39.1 Å². The molecule has 0 radical (unpaired) electrons. The molecule has 0 saturated heterocycles. The van der Waals surface area contributed by atoms with Crippen molar-refractivity contribution in [2.24, 2.45) is 7.05 Å². The Morgan fingerprint density at radius 1 is 1.03 bits per heavy atom. The molecule has 4 rings (SSSR count). The van der Waals surface area contributed by atoms with E-state index in [4.69, 9.17) is 28.9 Å². The summed E-state index contributed by atoms with van der Waals surface area (Å²) in [5.41, 5.74) is 11.9. The molecular weight excluding hydrogens is 525 g/mol. The minimum atomic E-state index is -0.888. The normalized spacial score (nSPS) is 12.5. The summed E-state index contributed by atoms with van der Waals surface area (Å²) >= 11 is 13.7. The largest absolute Gasteiger partial charge is 0.481 e. The number of halogens is 3. The standard InChI is InChI=1S/C26H23Cl2N3O2S.ClH/c1-31-15-30-13-23(31)25(16-5-8-19(27)9-6-16)17-7-10-22(29)21(12-17)26(34-14-24(32)33)18-3-2-4-20(28)11-18;/h2-13,15,25-26H,14,29H2,1H3,(H,32,33);1H. The van der Waals surface area contributed by atoms with Crippen LogP contribution in [0.2, 0.25) is 10.0 Å². The number of anilines is 1. The molecule has 1 heterocycles. The lowest BCUT2D eigenvalue weighted by Gasteiger charge is -2.24. The maximum atomic E-state index is 11.4. The van der Waals surface area contributed by atoms with Gasteiger partial charge in [-0.25, -0.2) is 4.98 Å². The predicted molar refractivity (Wildman–Crippen MR) is 147 cm³/mol. The van der Waals surface area contributed by atoms with Crippen molar-refractivity contribution in [3.8, 4) is 0 Å². The average molecular weight is 549 g/mol. The number of benzene rings is 3. The lowest BCUT2D eigenvalue weighted by molar-refractivity contribution is -0.133. The van der Waals surface area contributed by atoms with E-state index in [1.165, 1.54) is 11.8 Å². The summed E-state index contributed by atoms with van der Waals surface area (Å²) in [5.74, 6) is -1.07. The number of nitrogens with two attached hydrogens (primary N) is 1. The third-order valence-corrected chi connectivity index (χ3v) is 7.36. The molecule has 0 aliphatic rings. The van der Waals surface area contributed by atoms with Gasteiger partial charge in [-0.3, -0.25) is 4.79 Å². The van der Waals surface area contributed by atoms with Crippen LogP contribution in [0.5, 0.6) is 0 Å². The highest BCUT2D eigenvalue weighted by molar-refractivity contribution is 8.00. The van der Waals surface area contributed by atoms with Gasteiger partial charge in [-0.2, -0.15) is 0 Å². The van der Waals surface area contributed by atoms with Crippen LogP contribution in [0, 0.1) is 0 Å². The van der Waals surface area contributed by atoms with Crippen LogP contribution in [0.3, 0.4) is 0 Å². The molecule has 1 aromatic heterocycles. The van der Waals surface area contributed by atoms with Crippen molar-refractivity contribution in [3.63, 3.8) is 0 Å². The van der Waals surface area contributed by atoms with Gasteiger partial charge in [0, 0.05) is 34.7 Å². The number of aromatic nitrogens is 2. The van der Waals surface area contributed by atoms with Crippen LogP contribution in [-0.2, 0) is 11.8 Å². The molecule has 9 heteroatoms. The van der Waals surface area contributed by atoms with E-state index in [2.05, 4.69) is 11.1 Å². The summed E-state index contributed by atoms with van der Waals surface area (Å²) in [5, 5.41) is 10.3. The Labute approximate surface area is 224 Å². The van der Waals surface area contributed by atoms with Gasteiger partial charge in [0.15, 0.2) is 0 Å². The van der Waals surface area contributed by atoms with Gasteiger partial charge in [-0.05, 0) is 52.6 Å². The molecule has 182 valence electrons. The Balaban J connectivity index is 0.00000342. The second-order valence-electron chi connectivity index (χ2n) is 7.94. The second-order valence-corrected chi connectivity index (χ2v) is 9.91. The third kappa shape index (κ3) is 6.33. The summed E-state index contributed by atoms with van der Waals surface area (Å²) in [7, 11) is 1.96. The van der Waals surface area contributed by atoms with Crippen LogP contribution in [0.25, 0.3) is 0 Å². The highest BCUT2D eigenvalue weighted by atomic mass is 35.5. The number of carbonyl (C=O) groups is 1. The van der Waals surface area contributed by atoms with E-state index in [1.807, 2.05) is 72.4 Å². The first kappa shape index (κ1) is 27.0. The van der Waals surface area contributed by atoms with E-state index in [1.54, 1.807) is 12.4 Å². The topological polar surface area (TPSA) is 81.1 Å². The fourth-order valence-corrected chi connectivity index (χ4v) is 5.38. The van der Waals surface area contributed by atoms with Crippen molar-refractivity contribution < 1.29 is 9.90 Å². The van der Waals surface area contributed by atoms with Gasteiger partial charge in [-0.1, -0.05) is 59.6 Å². The zero-order chi connectivity index (χ0) is 24.2. The minimum absolute atomic E-state index is 0. The molecule has 2 atom stereocenters. The Morgan fingerprint density at radius 2 is 1.74 bits per heavy atom. The van der Waals surface area contributed by atoms with Crippen LogP contribution in [0.15, 0.2) is 79.3 Å². The summed E-state index contributed by atoms with van der Waals surface area (Å²) in [6.07, 6.45) is 3.62. The molecule has 35 heavy (non-hydrogen) atoms. The lowest BCUT2D eigenvalue weighted by atomic mass is 9.86. The number of nitrogens with zero attached hydrogens (tertiary/aromatic N) is 2. The number of nitrogen functional groups attached to an aromatic ring is 1. The molecule has 4 aromatic rings. The van der Waals surface area contributed by atoms with Crippen molar-refractivity contribution in [1.29, 1.82) is 0 Å². The smallest absolute Gasteiger partial charge is 0.313 e. The Kier molecular flexibility index (Phi) is 9.14. The van der Waals surface area contributed by atoms with Gasteiger partial charge < -0.3 is 15.4 Å². The number of aliphatic carboxylic acids is 1. The second kappa shape index (κ2) is 11.9. The number of rotatable bonds is 8. The molecule has 3 aromatic carbocycles. The monoisotopic (exact) mass is 547 g/mol. The first-order chi connectivity index (χ1) is 16.3. The highest BCUT2D eigenvalue weighted by Gasteiger charge is 2.24. The molecule has 0 fully saturated rings. The van der Waals surface area contributed by atoms with E-state index in [0.29, 0.717) is 15.7 Å². The summed E-state index contributed by atoms with van der Waals surface area (Å²) < 4.78 is 1.99. The molecule has 5 nitrogen and oxygen atoms in total. The fourth-order valence-electron chi connectivity index (χ4n) is 4.02. The lowest BCUT2D eigenvalue weighted by Crippen LogP contribution is -2.11. The van der Waals surface area contributed by atoms with Gasteiger partial charge in [0.1, 0.15) is 0 Å². The van der Waals surface area contributed by atoms with Gasteiger partial charge in [-0.15, -0.1) is 24.2 Å². The number of aryl methyl sites for hydroxylation is 1. The Bertz CT molecular complexity index is 1310. The van der Waals surface area contributed by atoms with E-state index in [-0.39, 0.29) is 29.3 Å². The van der Waals surface area contributed by atoms with Crippen LogP contribution in [0.4, 0.5) is 5.69 Å². The number of imidazole rings is 1. The van der Waals surface area contributed by atoms with Gasteiger partial charge in [0.25, 0.3) is 0 Å². The number of thioether (sulfide) groups is 1. The van der Waals surface area contributed by atoms with Crippen LogP contribution in [-0.4, -0.2) is 26.4 Å². The number of carboxylic acid groups (broad SMARTS) is 1. The molecule has 3 N–H and O–H groups in total. The molecule has 0 spiro atoms. The molecule has 0 aliphatic heterocycles. The number of carboxylic acids is 1. The van der Waals surface area contributed by atoms with Crippen LogP contribution >= 0.6 is 47.4 Å². The molecule has 0 amide bonds. The van der Waals surface area contributed by atoms with Crippen molar-refractivity contribution in [3.05, 3.63) is 117 Å². The molecule has 2 unspecified atom stereocenters. The van der Waals surface area contributed by atoms with E-state index in [9.17, 15) is 9.90 Å². The Morgan fingerprint density at radius 3 is 2.37 bits per heavy atom. The van der Waals surface area contributed by atoms with Gasteiger partial charge in [0.2, 0.25) is 0 Å². The summed E-state index contributed by atoms with van der Waals surface area (Å²) in [4.78, 5) is 15.7. The predicted octanol–water partition coefficient (Wildman–Crippen LogP) is 6.82. The minimum Gasteiger partial charge on any atom is -0.481 e. The highest BCUT2D eigenvalue weighted by Crippen LogP contribution is 2.42. The van der Waals surface area contributed by atoms with Gasteiger partial charge in [0.05, 0.1) is 23.2 Å². The fraction of sp³-hybridized carbons (Fsp3) is 0.154. The van der Waals surface area contributed by atoms with Crippen LogP contribution < -0.4 is 5.73 Å². The maximum Gasteiger partial charge on any atom is 0.313 e. The number of hydrogen-bond donors (Lipinski definition) is 2. The third-order valence-electron chi connectivity index (χ3n) is 5.60. The van der Waals surface area contributed by atoms with Crippen molar-refractivity contribution >= 4 is 59.0 Å². The van der Waals surface area contributed by atoms with Gasteiger partial charge >= 0.3 is 5.97 Å². The van der Waals surface area contributed by atoms with E-state index < -0.39 is 5.97 Å².